The van der Waals surface area contributed by atoms with Gasteiger partial charge in [-0.3, -0.25) is 4.79 Å². The molecule has 45 heavy (non-hydrogen) atoms. The number of pyridine rings is 1. The molecule has 4 unspecified atom stereocenters. The fourth-order valence-electron chi connectivity index (χ4n) is 5.51. The molecule has 2 heterocycles. The first-order chi connectivity index (χ1) is 22.1. The molecule has 0 bridgehead atoms. The fraction of sp³-hybridized carbons (Fsp3) is 0.211. The Bertz CT molecular complexity index is 1700. The molecular weight excluding hydrogens is 580 g/mol. The fourth-order valence-corrected chi connectivity index (χ4v) is 6.54. The van der Waals surface area contributed by atoms with Gasteiger partial charge in [0.25, 0.3) is 5.91 Å². The molecule has 1 aliphatic rings. The molecule has 5 aromatic rings. The van der Waals surface area contributed by atoms with Gasteiger partial charge in [0.1, 0.15) is 0 Å². The first-order valence-corrected chi connectivity index (χ1v) is 16.1. The lowest BCUT2D eigenvalue weighted by Crippen LogP contribution is -2.38. The number of aromatic nitrogens is 1. The van der Waals surface area contributed by atoms with Crippen molar-refractivity contribution < 1.29 is 19.4 Å². The number of thioether (sulfide) groups is 1. The van der Waals surface area contributed by atoms with Gasteiger partial charge < -0.3 is 19.9 Å². The van der Waals surface area contributed by atoms with Crippen LogP contribution >= 0.6 is 11.8 Å². The van der Waals surface area contributed by atoms with Gasteiger partial charge in [0.2, 0.25) is 0 Å². The molecule has 2 N–H and O–H groups in total. The molecule has 4 atom stereocenters. The van der Waals surface area contributed by atoms with Crippen LogP contribution in [-0.2, 0) is 22.6 Å². The lowest BCUT2D eigenvalue weighted by atomic mass is 9.91. The van der Waals surface area contributed by atoms with Crippen molar-refractivity contribution in [3.8, 4) is 11.1 Å². The number of benzene rings is 4. The summed E-state index contributed by atoms with van der Waals surface area (Å²) in [6, 6.07) is 39.6. The number of aliphatic hydroxyl groups is 1. The molecule has 1 fully saturated rings. The third kappa shape index (κ3) is 7.70. The average Bonchev–Trinajstić information content (AvgIpc) is 3.11. The maximum Gasteiger partial charge on any atom is 0.251 e. The summed E-state index contributed by atoms with van der Waals surface area (Å²) in [4.78, 5) is 17.1. The summed E-state index contributed by atoms with van der Waals surface area (Å²) in [6.45, 7) is 2.60. The van der Waals surface area contributed by atoms with Crippen molar-refractivity contribution in [1.29, 1.82) is 0 Å². The van der Waals surface area contributed by atoms with E-state index in [0.29, 0.717) is 12.1 Å². The molecular formula is C38H36N2O4S. The van der Waals surface area contributed by atoms with E-state index in [1.54, 1.807) is 11.8 Å². The van der Waals surface area contributed by atoms with E-state index in [-0.39, 0.29) is 30.6 Å². The molecule has 0 saturated carbocycles. The zero-order valence-corrected chi connectivity index (χ0v) is 25.9. The van der Waals surface area contributed by atoms with Crippen molar-refractivity contribution in [2.75, 3.05) is 5.75 Å². The van der Waals surface area contributed by atoms with Crippen LogP contribution in [-0.4, -0.2) is 27.9 Å². The maximum absolute atomic E-state index is 12.6. The highest BCUT2D eigenvalue weighted by Gasteiger charge is 2.38. The smallest absolute Gasteiger partial charge is 0.251 e. The highest BCUT2D eigenvalue weighted by atomic mass is 32.2. The summed E-state index contributed by atoms with van der Waals surface area (Å²) in [5.41, 5.74) is 6.60. The van der Waals surface area contributed by atoms with Crippen molar-refractivity contribution in [2.24, 2.45) is 5.92 Å². The number of hydrogen-bond donors (Lipinski definition) is 2. The summed E-state index contributed by atoms with van der Waals surface area (Å²) in [6.07, 6.45) is 0.971. The monoisotopic (exact) mass is 616 g/mol. The number of nitrogens with zero attached hydrogens (tertiary/aromatic N) is 1. The number of nitrogens with one attached hydrogen (secondary N) is 1. The second-order valence-electron chi connectivity index (χ2n) is 11.2. The topological polar surface area (TPSA) is 80.7 Å². The minimum atomic E-state index is -0.564. The Kier molecular flexibility index (Phi) is 10.0. The van der Waals surface area contributed by atoms with Gasteiger partial charge in [0, 0.05) is 35.5 Å². The Morgan fingerprint density at radius 1 is 0.800 bits per heavy atom. The molecule has 1 aromatic heterocycles. The van der Waals surface area contributed by atoms with Gasteiger partial charge in [-0.1, -0.05) is 91.9 Å². The highest BCUT2D eigenvalue weighted by molar-refractivity contribution is 7.99. The molecule has 0 radical (unpaired) electrons. The van der Waals surface area contributed by atoms with E-state index >= 15 is 0 Å². The number of amides is 1. The van der Waals surface area contributed by atoms with E-state index in [9.17, 15) is 9.90 Å². The molecule has 0 aliphatic carbocycles. The lowest BCUT2D eigenvalue weighted by Gasteiger charge is -2.41. The summed E-state index contributed by atoms with van der Waals surface area (Å²) in [5, 5.41) is 13.5. The maximum atomic E-state index is 12.6. The predicted octanol–water partition coefficient (Wildman–Crippen LogP) is 7.75. The summed E-state index contributed by atoms with van der Waals surface area (Å²) in [7, 11) is 0. The van der Waals surface area contributed by atoms with Crippen molar-refractivity contribution in [3.63, 3.8) is 0 Å². The summed E-state index contributed by atoms with van der Waals surface area (Å²) >= 11 is 1.68. The molecule has 1 aliphatic heterocycles. The van der Waals surface area contributed by atoms with Crippen LogP contribution in [0.25, 0.3) is 11.1 Å². The van der Waals surface area contributed by atoms with Crippen LogP contribution < -0.4 is 5.32 Å². The van der Waals surface area contributed by atoms with E-state index in [4.69, 9.17) is 9.47 Å². The molecule has 228 valence electrons. The zero-order chi connectivity index (χ0) is 31.0. The molecule has 6 nitrogen and oxygen atoms in total. The number of hydrogen-bond acceptors (Lipinski definition) is 6. The predicted molar refractivity (Wildman–Crippen MR) is 177 cm³/mol. The molecule has 0 spiro atoms. The van der Waals surface area contributed by atoms with E-state index in [0.717, 1.165) is 44.2 Å². The van der Waals surface area contributed by atoms with Crippen molar-refractivity contribution in [3.05, 3.63) is 155 Å². The summed E-state index contributed by atoms with van der Waals surface area (Å²) in [5.74, 6) is 0.725. The summed E-state index contributed by atoms with van der Waals surface area (Å²) < 4.78 is 13.4. The first-order valence-electron chi connectivity index (χ1n) is 15.1. The Balaban J connectivity index is 1.22. The zero-order valence-electron chi connectivity index (χ0n) is 25.1. The second kappa shape index (κ2) is 14.7. The number of carbonyl (C=O) groups excluding carboxylic acids is 1. The van der Waals surface area contributed by atoms with E-state index in [2.05, 4.69) is 41.5 Å². The van der Waals surface area contributed by atoms with Gasteiger partial charge in [-0.15, -0.1) is 11.8 Å². The third-order valence-electron chi connectivity index (χ3n) is 8.06. The largest absolute Gasteiger partial charge is 0.392 e. The van der Waals surface area contributed by atoms with Crippen LogP contribution in [0.2, 0.25) is 0 Å². The third-order valence-corrected chi connectivity index (χ3v) is 9.10. The van der Waals surface area contributed by atoms with Gasteiger partial charge >= 0.3 is 0 Å². The Morgan fingerprint density at radius 2 is 1.56 bits per heavy atom. The Labute approximate surface area is 268 Å². The van der Waals surface area contributed by atoms with E-state index < -0.39 is 6.29 Å². The first kappa shape index (κ1) is 30.7. The number of aliphatic hydroxyl groups excluding tert-OH is 1. The molecule has 6 rings (SSSR count). The number of carbonyl (C=O) groups is 1. The standard InChI is InChI=1S/C38H36N2O4S/c1-26-34(25-45-35-15-5-6-20-39-35)43-38(44-36(26)29-18-16-27(24-41)17-19-29)33-14-8-13-32(22-33)31-12-7-9-28(21-31)23-40-37(42)30-10-3-2-4-11-30/h2-22,26,34,36,38,41H,23-25H2,1H3,(H,40,42). The normalized spacial score (nSPS) is 19.6. The van der Waals surface area contributed by atoms with Crippen molar-refractivity contribution >= 4 is 17.7 Å². The SMILES string of the molecule is CC1C(CSc2ccccn2)OC(c2cccc(-c3cccc(CNC(=O)c4ccccc4)c3)c2)OC1c1ccc(CO)cc1. The van der Waals surface area contributed by atoms with Gasteiger partial charge in [-0.05, 0) is 64.2 Å². The van der Waals surface area contributed by atoms with Crippen molar-refractivity contribution in [2.45, 2.75) is 43.6 Å². The number of rotatable bonds is 10. The van der Waals surface area contributed by atoms with Gasteiger partial charge in [0.15, 0.2) is 6.29 Å². The highest BCUT2D eigenvalue weighted by Crippen LogP contribution is 2.43. The quantitative estimate of drug-likeness (QED) is 0.156. The lowest BCUT2D eigenvalue weighted by molar-refractivity contribution is -0.268. The Morgan fingerprint density at radius 3 is 2.31 bits per heavy atom. The van der Waals surface area contributed by atoms with E-state index in [1.165, 1.54) is 0 Å². The van der Waals surface area contributed by atoms with Crippen LogP contribution in [0, 0.1) is 5.92 Å². The minimum absolute atomic E-state index is 0.00379. The average molecular weight is 617 g/mol. The molecule has 7 heteroatoms. The minimum Gasteiger partial charge on any atom is -0.392 e. The van der Waals surface area contributed by atoms with Gasteiger partial charge in [-0.2, -0.15) is 0 Å². The van der Waals surface area contributed by atoms with Crippen LogP contribution in [0.3, 0.4) is 0 Å². The van der Waals surface area contributed by atoms with Crippen LogP contribution in [0.15, 0.2) is 133 Å². The number of ether oxygens (including phenoxy) is 2. The van der Waals surface area contributed by atoms with Gasteiger partial charge in [0.05, 0.1) is 23.8 Å². The molecule has 4 aromatic carbocycles. The van der Waals surface area contributed by atoms with Crippen LogP contribution in [0.4, 0.5) is 0 Å². The van der Waals surface area contributed by atoms with Crippen molar-refractivity contribution in [1.82, 2.24) is 10.3 Å². The molecule has 1 saturated heterocycles. The van der Waals surface area contributed by atoms with E-state index in [1.807, 2.05) is 103 Å². The molecule has 1 amide bonds. The second-order valence-corrected chi connectivity index (χ2v) is 12.2. The van der Waals surface area contributed by atoms with Crippen LogP contribution in [0.1, 0.15) is 51.9 Å². The Hall–Kier alpha value is -4.27. The van der Waals surface area contributed by atoms with Crippen LogP contribution in [0.5, 0.6) is 0 Å². The van der Waals surface area contributed by atoms with Gasteiger partial charge in [-0.25, -0.2) is 4.98 Å².